The van der Waals surface area contributed by atoms with Crippen LogP contribution in [-0.4, -0.2) is 10.9 Å². The maximum absolute atomic E-state index is 13.3. The van der Waals surface area contributed by atoms with E-state index in [1.807, 2.05) is 43.5 Å². The Morgan fingerprint density at radius 1 is 1.14 bits per heavy atom. The normalized spacial score (nSPS) is 10.9. The van der Waals surface area contributed by atoms with E-state index in [1.165, 1.54) is 11.0 Å². The van der Waals surface area contributed by atoms with Gasteiger partial charge in [-0.25, -0.2) is 4.98 Å². The average Bonchev–Trinajstić information content (AvgIpc) is 3.20. The molecular weight excluding hydrogens is 372 g/mol. The number of nitrogens with zero attached hydrogens (tertiary/aromatic N) is 2. The molecule has 140 valence electrons. The van der Waals surface area contributed by atoms with E-state index in [1.54, 1.807) is 35.7 Å². The van der Waals surface area contributed by atoms with Gasteiger partial charge >= 0.3 is 0 Å². The van der Waals surface area contributed by atoms with Crippen molar-refractivity contribution in [3.63, 3.8) is 0 Å². The Bertz CT molecular complexity index is 1200. The molecule has 1 aromatic carbocycles. The van der Waals surface area contributed by atoms with Crippen LogP contribution in [0.1, 0.15) is 26.6 Å². The van der Waals surface area contributed by atoms with Crippen LogP contribution in [-0.2, 0) is 6.54 Å². The molecule has 0 aliphatic carbocycles. The van der Waals surface area contributed by atoms with Crippen LogP contribution < -0.4 is 10.3 Å². The van der Waals surface area contributed by atoms with Crippen LogP contribution in [0, 0.1) is 13.8 Å². The fourth-order valence-corrected chi connectivity index (χ4v) is 3.87. The predicted octanol–water partition coefficient (Wildman–Crippen LogP) is 4.71. The molecule has 5 nitrogen and oxygen atoms in total. The number of anilines is 1. The monoisotopic (exact) mass is 390 g/mol. The predicted molar refractivity (Wildman–Crippen MR) is 111 cm³/mol. The number of amides is 1. The van der Waals surface area contributed by atoms with E-state index in [9.17, 15) is 9.59 Å². The molecule has 0 spiro atoms. The largest absolute Gasteiger partial charge is 0.450 e. The van der Waals surface area contributed by atoms with Crippen molar-refractivity contribution in [2.24, 2.45) is 0 Å². The van der Waals surface area contributed by atoms with E-state index >= 15 is 0 Å². The Kier molecular flexibility index (Phi) is 4.79. The lowest BCUT2D eigenvalue weighted by atomic mass is 10.1. The molecule has 1 amide bonds. The zero-order valence-electron chi connectivity index (χ0n) is 15.5. The minimum absolute atomic E-state index is 0.00617. The Balaban J connectivity index is 1.81. The molecule has 0 unspecified atom stereocenters. The summed E-state index contributed by atoms with van der Waals surface area (Å²) in [6.07, 6.45) is 1.63. The van der Waals surface area contributed by atoms with Crippen molar-refractivity contribution in [3.05, 3.63) is 92.1 Å². The van der Waals surface area contributed by atoms with Gasteiger partial charge in [-0.3, -0.25) is 14.5 Å². The second-order valence-corrected chi connectivity index (χ2v) is 7.62. The number of benzene rings is 1. The Morgan fingerprint density at radius 2 is 2.00 bits per heavy atom. The first-order chi connectivity index (χ1) is 13.5. The number of carbonyl (C=O) groups excluding carboxylic acids is 1. The number of aryl methyl sites for hydroxylation is 2. The highest BCUT2D eigenvalue weighted by Crippen LogP contribution is 2.23. The van der Waals surface area contributed by atoms with Crippen LogP contribution in [0.3, 0.4) is 0 Å². The smallest absolute Gasteiger partial charge is 0.295 e. The van der Waals surface area contributed by atoms with Gasteiger partial charge in [-0.15, -0.1) is 11.3 Å². The molecule has 0 N–H and O–H groups in total. The highest BCUT2D eigenvalue weighted by atomic mass is 32.1. The van der Waals surface area contributed by atoms with E-state index in [2.05, 4.69) is 4.98 Å². The van der Waals surface area contributed by atoms with E-state index in [0.717, 1.165) is 16.0 Å². The average molecular weight is 390 g/mol. The third-order valence-corrected chi connectivity index (χ3v) is 5.30. The molecule has 0 saturated carbocycles. The Morgan fingerprint density at radius 3 is 2.71 bits per heavy atom. The first-order valence-corrected chi connectivity index (χ1v) is 9.71. The molecule has 3 aromatic heterocycles. The fourth-order valence-electron chi connectivity index (χ4n) is 3.18. The molecule has 28 heavy (non-hydrogen) atoms. The molecule has 0 saturated heterocycles. The first kappa shape index (κ1) is 18.1. The SMILES string of the molecule is Cc1cc(C)c2oc(C(=O)N(Cc3cccs3)c3ccccn3)cc(=O)c2c1. The summed E-state index contributed by atoms with van der Waals surface area (Å²) in [5, 5.41) is 2.44. The number of aromatic nitrogens is 1. The molecule has 0 bridgehead atoms. The third kappa shape index (κ3) is 3.46. The molecule has 0 aliphatic rings. The first-order valence-electron chi connectivity index (χ1n) is 8.83. The molecule has 0 radical (unpaired) electrons. The zero-order chi connectivity index (χ0) is 19.7. The molecule has 3 heterocycles. The third-order valence-electron chi connectivity index (χ3n) is 4.43. The molecule has 0 fully saturated rings. The summed E-state index contributed by atoms with van der Waals surface area (Å²) in [5.41, 5.74) is 2.01. The van der Waals surface area contributed by atoms with Gasteiger partial charge in [0.25, 0.3) is 5.91 Å². The van der Waals surface area contributed by atoms with Crippen molar-refractivity contribution < 1.29 is 9.21 Å². The topological polar surface area (TPSA) is 63.4 Å². The van der Waals surface area contributed by atoms with Crippen LogP contribution in [0.2, 0.25) is 0 Å². The van der Waals surface area contributed by atoms with Crippen molar-refractivity contribution in [3.8, 4) is 0 Å². The number of rotatable bonds is 4. The molecular formula is C22H18N2O3S. The van der Waals surface area contributed by atoms with E-state index in [-0.39, 0.29) is 11.2 Å². The van der Waals surface area contributed by atoms with Crippen molar-refractivity contribution in [1.82, 2.24) is 4.98 Å². The number of thiophene rings is 1. The Hall–Kier alpha value is -3.25. The summed E-state index contributed by atoms with van der Waals surface area (Å²) >= 11 is 1.55. The zero-order valence-corrected chi connectivity index (χ0v) is 16.3. The molecule has 0 aliphatic heterocycles. The van der Waals surface area contributed by atoms with Gasteiger partial charge in [0, 0.05) is 17.1 Å². The van der Waals surface area contributed by atoms with Crippen LogP contribution >= 0.6 is 11.3 Å². The quantitative estimate of drug-likeness (QED) is 0.506. The number of pyridine rings is 1. The Labute approximate surface area is 165 Å². The van der Waals surface area contributed by atoms with Gasteiger partial charge in [0.2, 0.25) is 0 Å². The van der Waals surface area contributed by atoms with Gasteiger partial charge in [-0.05, 0) is 54.6 Å². The molecule has 6 heteroatoms. The lowest BCUT2D eigenvalue weighted by Gasteiger charge is -2.20. The van der Waals surface area contributed by atoms with Gasteiger partial charge in [0.15, 0.2) is 11.2 Å². The van der Waals surface area contributed by atoms with Gasteiger partial charge in [0.05, 0.1) is 11.9 Å². The van der Waals surface area contributed by atoms with Crippen molar-refractivity contribution in [1.29, 1.82) is 0 Å². The standard InChI is InChI=1S/C22H18N2O3S/c1-14-10-15(2)21-17(11-14)18(25)12-19(27-21)22(26)24(13-16-6-5-9-28-16)20-7-3-4-8-23-20/h3-12H,13H2,1-2H3. The maximum atomic E-state index is 13.3. The van der Waals surface area contributed by atoms with Crippen molar-refractivity contribution in [2.45, 2.75) is 20.4 Å². The minimum Gasteiger partial charge on any atom is -0.450 e. The number of hydrogen-bond donors (Lipinski definition) is 0. The summed E-state index contributed by atoms with van der Waals surface area (Å²) in [6.45, 7) is 4.14. The van der Waals surface area contributed by atoms with Crippen LogP contribution in [0.25, 0.3) is 11.0 Å². The molecule has 0 atom stereocenters. The summed E-state index contributed by atoms with van der Waals surface area (Å²) in [6, 6.07) is 14.2. The minimum atomic E-state index is -0.397. The highest BCUT2D eigenvalue weighted by Gasteiger charge is 2.23. The van der Waals surface area contributed by atoms with Crippen molar-refractivity contribution >= 4 is 34.0 Å². The van der Waals surface area contributed by atoms with Gasteiger partial charge in [-0.2, -0.15) is 0 Å². The summed E-state index contributed by atoms with van der Waals surface area (Å²) in [4.78, 5) is 32.8. The summed E-state index contributed by atoms with van der Waals surface area (Å²) in [7, 11) is 0. The number of hydrogen-bond acceptors (Lipinski definition) is 5. The van der Waals surface area contributed by atoms with Crippen LogP contribution in [0.4, 0.5) is 5.82 Å². The van der Waals surface area contributed by atoms with Gasteiger partial charge in [0.1, 0.15) is 11.4 Å². The van der Waals surface area contributed by atoms with Crippen LogP contribution in [0.5, 0.6) is 0 Å². The fraction of sp³-hybridized carbons (Fsp3) is 0.136. The molecule has 4 aromatic rings. The second kappa shape index (κ2) is 7.40. The number of fused-ring (bicyclic) bond motifs is 1. The van der Waals surface area contributed by atoms with Crippen LogP contribution in [0.15, 0.2) is 69.3 Å². The van der Waals surface area contributed by atoms with Gasteiger partial charge in [-0.1, -0.05) is 18.2 Å². The lowest BCUT2D eigenvalue weighted by molar-refractivity contribution is 0.0958. The van der Waals surface area contributed by atoms with E-state index in [4.69, 9.17) is 4.42 Å². The highest BCUT2D eigenvalue weighted by molar-refractivity contribution is 7.09. The molecule has 4 rings (SSSR count). The summed E-state index contributed by atoms with van der Waals surface area (Å²) in [5.74, 6) is 0.113. The van der Waals surface area contributed by atoms with E-state index < -0.39 is 5.91 Å². The number of carbonyl (C=O) groups is 1. The van der Waals surface area contributed by atoms with Gasteiger partial charge < -0.3 is 4.42 Å². The second-order valence-electron chi connectivity index (χ2n) is 6.59. The maximum Gasteiger partial charge on any atom is 0.295 e. The van der Waals surface area contributed by atoms with E-state index in [0.29, 0.717) is 23.3 Å². The van der Waals surface area contributed by atoms with Crippen molar-refractivity contribution in [2.75, 3.05) is 4.90 Å². The lowest BCUT2D eigenvalue weighted by Crippen LogP contribution is -2.31. The summed E-state index contributed by atoms with van der Waals surface area (Å²) < 4.78 is 5.90.